The van der Waals surface area contributed by atoms with Gasteiger partial charge in [-0.2, -0.15) is 0 Å². The number of primary amides is 1. The number of aromatic nitrogens is 2. The Bertz CT molecular complexity index is 1130. The molecule has 0 spiro atoms. The van der Waals surface area contributed by atoms with Crippen LogP contribution in [-0.2, 0) is 4.74 Å². The van der Waals surface area contributed by atoms with Crippen molar-refractivity contribution in [3.63, 3.8) is 0 Å². The van der Waals surface area contributed by atoms with Crippen molar-refractivity contribution < 1.29 is 28.2 Å². The Labute approximate surface area is 206 Å². The predicted molar refractivity (Wildman–Crippen MR) is 129 cm³/mol. The van der Waals surface area contributed by atoms with Gasteiger partial charge in [0, 0.05) is 19.2 Å². The van der Waals surface area contributed by atoms with Gasteiger partial charge in [-0.1, -0.05) is 6.92 Å². The van der Waals surface area contributed by atoms with Gasteiger partial charge in [-0.15, -0.1) is 0 Å². The molecular formula is C23H29F2N7O4. The summed E-state index contributed by atoms with van der Waals surface area (Å²) in [4.78, 5) is 33.4. The molecule has 13 heteroatoms. The van der Waals surface area contributed by atoms with Crippen LogP contribution in [-0.4, -0.2) is 65.5 Å². The highest BCUT2D eigenvalue weighted by Crippen LogP contribution is 2.37. The molecule has 2 aromatic heterocycles. The van der Waals surface area contributed by atoms with Gasteiger partial charge in [0.15, 0.2) is 23.3 Å². The Balaban J connectivity index is 1.60. The number of anilines is 4. The predicted octanol–water partition coefficient (Wildman–Crippen LogP) is 2.67. The fourth-order valence-corrected chi connectivity index (χ4v) is 4.28. The van der Waals surface area contributed by atoms with Crippen molar-refractivity contribution in [3.05, 3.63) is 35.5 Å². The van der Waals surface area contributed by atoms with Crippen LogP contribution in [0.3, 0.4) is 0 Å². The lowest BCUT2D eigenvalue weighted by Gasteiger charge is -2.28. The highest BCUT2D eigenvalue weighted by Gasteiger charge is 2.37. The quantitative estimate of drug-likeness (QED) is 0.328. The zero-order valence-corrected chi connectivity index (χ0v) is 19.8. The van der Waals surface area contributed by atoms with E-state index in [1.54, 1.807) is 4.90 Å². The summed E-state index contributed by atoms with van der Waals surface area (Å²) in [5, 5.41) is 17.5. The smallest absolute Gasteiger partial charge is 0.404 e. The Hall–Kier alpha value is -3.74. The maximum atomic E-state index is 14.9. The van der Waals surface area contributed by atoms with E-state index in [4.69, 9.17) is 10.5 Å². The zero-order chi connectivity index (χ0) is 25.8. The van der Waals surface area contributed by atoms with Gasteiger partial charge in [-0.05, 0) is 31.2 Å². The first-order valence-electron chi connectivity index (χ1n) is 11.8. The number of ether oxygens (including phenoxy) is 1. The van der Waals surface area contributed by atoms with Crippen molar-refractivity contribution in [2.24, 2.45) is 11.7 Å². The molecule has 2 aliphatic rings. The van der Waals surface area contributed by atoms with Crippen LogP contribution >= 0.6 is 0 Å². The van der Waals surface area contributed by atoms with Crippen LogP contribution in [0.1, 0.15) is 36.5 Å². The highest BCUT2D eigenvalue weighted by molar-refractivity contribution is 5.98. The summed E-state index contributed by atoms with van der Waals surface area (Å²) < 4.78 is 35.0. The number of hydrogen-bond donors (Lipinski definition) is 5. The molecule has 1 saturated heterocycles. The molecule has 11 nitrogen and oxygen atoms in total. The number of nitrogens with two attached hydrogens (primary N) is 1. The maximum Gasteiger partial charge on any atom is 0.404 e. The molecule has 2 amide bonds. The molecule has 2 atom stereocenters. The number of halogens is 2. The Morgan fingerprint density at radius 1 is 1.22 bits per heavy atom. The normalized spacial score (nSPS) is 17.2. The number of carbonyl (C=O) groups excluding carboxylic acids is 1. The Morgan fingerprint density at radius 2 is 1.94 bits per heavy atom. The number of nitrogens with one attached hydrogen (secondary N) is 3. The van der Waals surface area contributed by atoms with Crippen molar-refractivity contribution in [2.45, 2.75) is 38.3 Å². The first-order chi connectivity index (χ1) is 17.3. The van der Waals surface area contributed by atoms with Gasteiger partial charge in [-0.25, -0.2) is 23.5 Å². The van der Waals surface area contributed by atoms with Crippen LogP contribution < -0.4 is 26.6 Å². The summed E-state index contributed by atoms with van der Waals surface area (Å²) in [5.74, 6) is -2.27. The number of hydrogen-bond acceptors (Lipinski definition) is 8. The van der Waals surface area contributed by atoms with Crippen LogP contribution in [0.5, 0.6) is 0 Å². The van der Waals surface area contributed by atoms with E-state index in [0.29, 0.717) is 32.7 Å². The van der Waals surface area contributed by atoms with Crippen LogP contribution in [0.2, 0.25) is 0 Å². The Morgan fingerprint density at radius 3 is 2.53 bits per heavy atom. The van der Waals surface area contributed by atoms with Crippen molar-refractivity contribution in [2.75, 3.05) is 41.8 Å². The average molecular weight is 506 g/mol. The molecule has 2 fully saturated rings. The molecule has 1 aliphatic heterocycles. The number of nitrogens with zero attached hydrogens (tertiary/aromatic N) is 3. The lowest BCUT2D eigenvalue weighted by molar-refractivity contribution is 0.1000. The molecule has 4 rings (SSSR count). The summed E-state index contributed by atoms with van der Waals surface area (Å²) in [7, 11) is 0. The van der Waals surface area contributed by atoms with E-state index >= 15 is 0 Å². The summed E-state index contributed by atoms with van der Waals surface area (Å²) in [6, 6.07) is 1.26. The molecule has 3 heterocycles. The van der Waals surface area contributed by atoms with Crippen LogP contribution in [0.4, 0.5) is 36.7 Å². The third-order valence-corrected chi connectivity index (χ3v) is 6.25. The number of carboxylic acid groups (broad SMARTS) is 1. The average Bonchev–Trinajstić information content (AvgIpc) is 3.68. The molecule has 2 aromatic rings. The minimum Gasteiger partial charge on any atom is -0.465 e. The van der Waals surface area contributed by atoms with E-state index < -0.39 is 35.7 Å². The zero-order valence-electron chi connectivity index (χ0n) is 19.8. The third-order valence-electron chi connectivity index (χ3n) is 6.25. The number of rotatable bonds is 10. The number of carbonyl (C=O) groups is 2. The fourth-order valence-electron chi connectivity index (χ4n) is 4.28. The third kappa shape index (κ3) is 5.90. The first-order valence-corrected chi connectivity index (χ1v) is 11.8. The Kier molecular flexibility index (Phi) is 7.67. The van der Waals surface area contributed by atoms with Gasteiger partial charge in [0.1, 0.15) is 5.82 Å². The topological polar surface area (TPSA) is 155 Å². The van der Waals surface area contributed by atoms with Crippen molar-refractivity contribution in [1.82, 2.24) is 15.3 Å². The summed E-state index contributed by atoms with van der Waals surface area (Å²) in [6.07, 6.45) is 2.41. The van der Waals surface area contributed by atoms with Crippen LogP contribution in [0.25, 0.3) is 0 Å². The van der Waals surface area contributed by atoms with Gasteiger partial charge < -0.3 is 36.4 Å². The number of morpholine rings is 1. The number of pyridine rings is 2. The van der Waals surface area contributed by atoms with Gasteiger partial charge in [0.05, 0.1) is 42.7 Å². The van der Waals surface area contributed by atoms with E-state index in [1.165, 1.54) is 12.3 Å². The second kappa shape index (κ2) is 10.9. The van der Waals surface area contributed by atoms with E-state index in [9.17, 15) is 23.5 Å². The van der Waals surface area contributed by atoms with Gasteiger partial charge in [0.25, 0.3) is 5.91 Å². The van der Waals surface area contributed by atoms with Crippen LogP contribution in [0.15, 0.2) is 18.3 Å². The molecule has 0 radical (unpaired) electrons. The fraction of sp³-hybridized carbons (Fsp3) is 0.478. The van der Waals surface area contributed by atoms with Crippen molar-refractivity contribution >= 4 is 35.1 Å². The molecule has 1 saturated carbocycles. The summed E-state index contributed by atoms with van der Waals surface area (Å²) in [5.41, 5.74) is 5.40. The van der Waals surface area contributed by atoms with Gasteiger partial charge in [-0.3, -0.25) is 4.79 Å². The van der Waals surface area contributed by atoms with E-state index in [1.807, 2.05) is 6.92 Å². The van der Waals surface area contributed by atoms with Crippen LogP contribution in [0, 0.1) is 17.6 Å². The molecule has 0 bridgehead atoms. The summed E-state index contributed by atoms with van der Waals surface area (Å²) >= 11 is 0. The molecule has 36 heavy (non-hydrogen) atoms. The first kappa shape index (κ1) is 25.4. The highest BCUT2D eigenvalue weighted by atomic mass is 19.1. The lowest BCUT2D eigenvalue weighted by atomic mass is 10.0. The number of amides is 2. The molecule has 194 valence electrons. The minimum atomic E-state index is -1.18. The monoisotopic (exact) mass is 505 g/mol. The second-order valence-electron chi connectivity index (χ2n) is 8.80. The standard InChI is InChI=1S/C23H29F2N7O4/c1-2-17(29-23(34)35)18(12-3-4-12)30-21-15(24)10-14(19(26)33)20(31-21)28-13-9-16(25)22(27-11-13)32-5-7-36-8-6-32/h9-12,17-18,29H,2-8H2,1H3,(H2,26,33)(H,34,35)(H2,28,30,31)/t17-,18+/m0/s1. The second-order valence-corrected chi connectivity index (χ2v) is 8.80. The van der Waals surface area contributed by atoms with Gasteiger partial charge >= 0.3 is 6.09 Å². The maximum absolute atomic E-state index is 14.9. The van der Waals surface area contributed by atoms with Crippen molar-refractivity contribution in [3.8, 4) is 0 Å². The van der Waals surface area contributed by atoms with Crippen molar-refractivity contribution in [1.29, 1.82) is 0 Å². The molecular weight excluding hydrogens is 476 g/mol. The SMILES string of the molecule is CC[C@H](NC(=O)O)[C@H](Nc1nc(Nc2cnc(N3CCOCC3)c(F)c2)c(C(N)=O)cc1F)C1CC1. The van der Waals surface area contributed by atoms with E-state index in [0.717, 1.165) is 18.9 Å². The van der Waals surface area contributed by atoms with Gasteiger partial charge in [0.2, 0.25) is 0 Å². The van der Waals surface area contributed by atoms with E-state index in [-0.39, 0.29) is 34.6 Å². The summed E-state index contributed by atoms with van der Waals surface area (Å²) in [6.45, 7) is 3.79. The largest absolute Gasteiger partial charge is 0.465 e. The molecule has 0 aromatic carbocycles. The molecule has 0 unspecified atom stereocenters. The lowest BCUT2D eigenvalue weighted by Crippen LogP contribution is -2.47. The minimum absolute atomic E-state index is 0.0829. The molecule has 6 N–H and O–H groups in total. The van der Waals surface area contributed by atoms with E-state index in [2.05, 4.69) is 25.9 Å². The molecule has 1 aliphatic carbocycles.